The monoisotopic (exact) mass is 263 g/mol. The molecule has 94 valence electrons. The number of amidine groups is 1. The van der Waals surface area contributed by atoms with Gasteiger partial charge in [0, 0.05) is 17.5 Å². The molecule has 0 aliphatic carbocycles. The van der Waals surface area contributed by atoms with Crippen molar-refractivity contribution < 1.29 is 4.74 Å². The molecule has 0 aromatic carbocycles. The van der Waals surface area contributed by atoms with Crippen LogP contribution in [0.5, 0.6) is 6.01 Å². The molecule has 2 aromatic heterocycles. The lowest BCUT2D eigenvalue weighted by Crippen LogP contribution is -2.14. The quantitative estimate of drug-likeness (QED) is 0.623. The number of nitrogens with two attached hydrogens (primary N) is 1. The van der Waals surface area contributed by atoms with Crippen LogP contribution in [-0.4, -0.2) is 27.4 Å². The highest BCUT2D eigenvalue weighted by atomic mass is 32.1. The van der Waals surface area contributed by atoms with Crippen LogP contribution in [0, 0.1) is 12.3 Å². The van der Waals surface area contributed by atoms with Gasteiger partial charge in [-0.2, -0.15) is 4.98 Å². The number of nitrogens with one attached hydrogen (secondary N) is 1. The molecule has 18 heavy (non-hydrogen) atoms. The van der Waals surface area contributed by atoms with E-state index in [1.54, 1.807) is 17.4 Å². The zero-order valence-electron chi connectivity index (χ0n) is 9.88. The van der Waals surface area contributed by atoms with Gasteiger partial charge in [-0.05, 0) is 13.0 Å². The number of ether oxygens (including phenoxy) is 1. The van der Waals surface area contributed by atoms with Crippen LogP contribution in [0.15, 0.2) is 17.8 Å². The fourth-order valence-corrected chi connectivity index (χ4v) is 2.12. The van der Waals surface area contributed by atoms with E-state index in [1.807, 2.05) is 12.4 Å². The summed E-state index contributed by atoms with van der Waals surface area (Å²) in [5, 5.41) is 7.28. The van der Waals surface area contributed by atoms with E-state index < -0.39 is 0 Å². The van der Waals surface area contributed by atoms with Crippen molar-refractivity contribution in [2.24, 2.45) is 5.73 Å². The molecule has 0 radical (unpaired) electrons. The Morgan fingerprint density at radius 1 is 1.50 bits per heavy atom. The topological polar surface area (TPSA) is 97.8 Å². The Morgan fingerprint density at radius 3 is 3.00 bits per heavy atom. The van der Waals surface area contributed by atoms with Gasteiger partial charge in [0.15, 0.2) is 0 Å². The first-order valence-electron chi connectivity index (χ1n) is 5.36. The molecule has 0 atom stereocenters. The van der Waals surface area contributed by atoms with Crippen LogP contribution in [0.25, 0.3) is 0 Å². The van der Waals surface area contributed by atoms with E-state index in [-0.39, 0.29) is 11.8 Å². The largest absolute Gasteiger partial charge is 0.463 e. The summed E-state index contributed by atoms with van der Waals surface area (Å²) < 4.78 is 5.43. The lowest BCUT2D eigenvalue weighted by atomic mass is 10.3. The summed E-state index contributed by atoms with van der Waals surface area (Å²) in [6.45, 7) is 2.45. The molecule has 0 aliphatic heterocycles. The van der Waals surface area contributed by atoms with Gasteiger partial charge in [-0.3, -0.25) is 5.41 Å². The molecular formula is C11H13N5OS. The van der Waals surface area contributed by atoms with Crippen molar-refractivity contribution >= 4 is 17.2 Å². The first kappa shape index (κ1) is 12.4. The minimum Gasteiger partial charge on any atom is -0.463 e. The molecule has 0 saturated carbocycles. The third-order valence-electron chi connectivity index (χ3n) is 2.31. The van der Waals surface area contributed by atoms with Crippen molar-refractivity contribution in [2.45, 2.75) is 13.3 Å². The zero-order valence-corrected chi connectivity index (χ0v) is 10.7. The number of hydrogen-bond donors (Lipinski definition) is 2. The van der Waals surface area contributed by atoms with Crippen LogP contribution in [0.2, 0.25) is 0 Å². The fraction of sp³-hybridized carbons (Fsp3) is 0.273. The maximum Gasteiger partial charge on any atom is 0.317 e. The van der Waals surface area contributed by atoms with E-state index in [9.17, 15) is 0 Å². The highest BCUT2D eigenvalue weighted by Gasteiger charge is 2.05. The summed E-state index contributed by atoms with van der Waals surface area (Å²) >= 11 is 1.61. The predicted molar refractivity (Wildman–Crippen MR) is 69.1 cm³/mol. The molecule has 0 bridgehead atoms. The average Bonchev–Trinajstić information content (AvgIpc) is 2.76. The summed E-state index contributed by atoms with van der Waals surface area (Å²) in [5.74, 6) is -0.0967. The number of hydrogen-bond acceptors (Lipinski definition) is 6. The summed E-state index contributed by atoms with van der Waals surface area (Å²) in [5.41, 5.74) is 8.56. The highest BCUT2D eigenvalue weighted by Crippen LogP contribution is 2.13. The van der Waals surface area contributed by atoms with E-state index in [0.717, 1.165) is 12.1 Å². The summed E-state index contributed by atoms with van der Waals surface area (Å²) in [6, 6.07) is 1.81. The van der Waals surface area contributed by atoms with Crippen molar-refractivity contribution in [1.29, 1.82) is 5.41 Å². The predicted octanol–water partition coefficient (Wildman–Crippen LogP) is 1.15. The van der Waals surface area contributed by atoms with Gasteiger partial charge >= 0.3 is 6.01 Å². The molecule has 2 aromatic rings. The average molecular weight is 263 g/mol. The van der Waals surface area contributed by atoms with Gasteiger partial charge in [-0.1, -0.05) is 0 Å². The summed E-state index contributed by atoms with van der Waals surface area (Å²) in [7, 11) is 0. The molecule has 0 amide bonds. The van der Waals surface area contributed by atoms with Gasteiger partial charge in [0.2, 0.25) is 0 Å². The Morgan fingerprint density at radius 2 is 2.33 bits per heavy atom. The number of aromatic nitrogens is 3. The standard InChI is InChI=1S/C11H13N5OS/c1-7-9(18-6-15-7)3-5-17-11-14-4-2-8(16-11)10(12)13/h2,4,6H,3,5H2,1H3,(H3,12,13). The van der Waals surface area contributed by atoms with Crippen LogP contribution < -0.4 is 10.5 Å². The molecule has 2 heterocycles. The van der Waals surface area contributed by atoms with E-state index in [2.05, 4.69) is 15.0 Å². The van der Waals surface area contributed by atoms with Crippen LogP contribution in [0.1, 0.15) is 16.3 Å². The number of thiazole rings is 1. The molecular weight excluding hydrogens is 250 g/mol. The Balaban J connectivity index is 1.92. The van der Waals surface area contributed by atoms with E-state index in [1.165, 1.54) is 11.1 Å². The first-order chi connectivity index (χ1) is 8.66. The third kappa shape index (κ3) is 3.01. The van der Waals surface area contributed by atoms with Crippen LogP contribution in [0.3, 0.4) is 0 Å². The van der Waals surface area contributed by atoms with E-state index in [0.29, 0.717) is 12.3 Å². The minimum atomic E-state index is -0.0967. The SMILES string of the molecule is Cc1ncsc1CCOc1nccc(C(=N)N)n1. The second-order valence-electron chi connectivity index (χ2n) is 3.60. The second-order valence-corrected chi connectivity index (χ2v) is 4.54. The van der Waals surface area contributed by atoms with Crippen molar-refractivity contribution in [3.05, 3.63) is 34.0 Å². The maximum atomic E-state index is 7.28. The molecule has 0 unspecified atom stereocenters. The van der Waals surface area contributed by atoms with Gasteiger partial charge in [-0.25, -0.2) is 9.97 Å². The van der Waals surface area contributed by atoms with E-state index >= 15 is 0 Å². The molecule has 6 nitrogen and oxygen atoms in total. The van der Waals surface area contributed by atoms with Crippen LogP contribution in [0.4, 0.5) is 0 Å². The lowest BCUT2D eigenvalue weighted by Gasteiger charge is -2.04. The normalized spacial score (nSPS) is 10.3. The van der Waals surface area contributed by atoms with Crippen molar-refractivity contribution in [2.75, 3.05) is 6.61 Å². The van der Waals surface area contributed by atoms with Gasteiger partial charge < -0.3 is 10.5 Å². The van der Waals surface area contributed by atoms with Gasteiger partial charge in [0.05, 0.1) is 17.8 Å². The summed E-state index contributed by atoms with van der Waals surface area (Å²) in [4.78, 5) is 13.3. The van der Waals surface area contributed by atoms with Crippen molar-refractivity contribution in [3.8, 4) is 6.01 Å². The highest BCUT2D eigenvalue weighted by molar-refractivity contribution is 7.09. The molecule has 3 N–H and O–H groups in total. The Hall–Kier alpha value is -2.02. The van der Waals surface area contributed by atoms with Crippen molar-refractivity contribution in [1.82, 2.24) is 15.0 Å². The Labute approximate surface area is 108 Å². The van der Waals surface area contributed by atoms with Gasteiger partial charge in [0.1, 0.15) is 11.5 Å². The first-order valence-corrected chi connectivity index (χ1v) is 6.24. The minimum absolute atomic E-state index is 0.0967. The number of rotatable bonds is 5. The van der Waals surface area contributed by atoms with Crippen molar-refractivity contribution in [3.63, 3.8) is 0 Å². The number of nitrogens with zero attached hydrogens (tertiary/aromatic N) is 3. The molecule has 0 spiro atoms. The molecule has 0 saturated heterocycles. The molecule has 0 fully saturated rings. The number of aryl methyl sites for hydroxylation is 1. The Bertz CT molecular complexity index is 554. The zero-order chi connectivity index (χ0) is 13.0. The fourth-order valence-electron chi connectivity index (χ4n) is 1.36. The maximum absolute atomic E-state index is 7.28. The van der Waals surface area contributed by atoms with Crippen LogP contribution >= 0.6 is 11.3 Å². The smallest absolute Gasteiger partial charge is 0.317 e. The summed E-state index contributed by atoms with van der Waals surface area (Å²) in [6.07, 6.45) is 2.29. The number of nitrogen functional groups attached to an aromatic ring is 1. The third-order valence-corrected chi connectivity index (χ3v) is 3.31. The molecule has 2 rings (SSSR count). The second kappa shape index (κ2) is 5.54. The molecule has 0 aliphatic rings. The van der Waals surface area contributed by atoms with Crippen LogP contribution in [-0.2, 0) is 6.42 Å². The lowest BCUT2D eigenvalue weighted by molar-refractivity contribution is 0.296. The molecule has 7 heteroatoms. The Kier molecular flexibility index (Phi) is 3.83. The van der Waals surface area contributed by atoms with Gasteiger partial charge in [-0.15, -0.1) is 11.3 Å². The van der Waals surface area contributed by atoms with Gasteiger partial charge in [0.25, 0.3) is 0 Å². The van der Waals surface area contributed by atoms with E-state index in [4.69, 9.17) is 15.9 Å².